The minimum atomic E-state index is -0.653. The van der Waals surface area contributed by atoms with Gasteiger partial charge in [-0.25, -0.2) is 0 Å². The van der Waals surface area contributed by atoms with Gasteiger partial charge in [-0.2, -0.15) is 15.1 Å². The van der Waals surface area contributed by atoms with Crippen molar-refractivity contribution < 1.29 is 5.11 Å². The molecule has 1 unspecified atom stereocenters. The highest BCUT2D eigenvalue weighted by atomic mass is 16.3. The van der Waals surface area contributed by atoms with Crippen LogP contribution in [-0.2, 0) is 0 Å². The number of rotatable bonds is 3. The normalized spacial score (nSPS) is 23.2. The number of hydrogen-bond acceptors (Lipinski definition) is 6. The van der Waals surface area contributed by atoms with E-state index < -0.39 is 5.60 Å². The van der Waals surface area contributed by atoms with E-state index in [0.29, 0.717) is 18.1 Å². The first kappa shape index (κ1) is 12.2. The van der Waals surface area contributed by atoms with Crippen LogP contribution in [0.1, 0.15) is 20.3 Å². The first-order valence-corrected chi connectivity index (χ1v) is 6.51. The molecule has 0 saturated carbocycles. The number of nitrogens with zero attached hydrogens (tertiary/aromatic N) is 4. The lowest BCUT2D eigenvalue weighted by Crippen LogP contribution is -2.30. The number of β-amino-alcohol motifs (C(OH)–C–C–N with tert-alkyl or cyclic N) is 1. The van der Waals surface area contributed by atoms with E-state index in [2.05, 4.69) is 30.4 Å². The Labute approximate surface area is 111 Å². The Morgan fingerprint density at radius 1 is 1.53 bits per heavy atom. The predicted molar refractivity (Wildman–Crippen MR) is 73.3 cm³/mol. The van der Waals surface area contributed by atoms with Gasteiger partial charge in [-0.1, -0.05) is 0 Å². The Morgan fingerprint density at radius 2 is 2.37 bits per heavy atom. The van der Waals surface area contributed by atoms with Crippen LogP contribution in [0.2, 0.25) is 0 Å². The van der Waals surface area contributed by atoms with Crippen LogP contribution in [-0.4, -0.2) is 50.5 Å². The van der Waals surface area contributed by atoms with Gasteiger partial charge < -0.3 is 15.3 Å². The molecule has 0 bridgehead atoms. The van der Waals surface area contributed by atoms with Crippen molar-refractivity contribution in [2.75, 3.05) is 29.9 Å². The van der Waals surface area contributed by atoms with Crippen molar-refractivity contribution in [2.24, 2.45) is 0 Å². The average molecular weight is 262 g/mol. The summed E-state index contributed by atoms with van der Waals surface area (Å²) in [7, 11) is 0. The SMILES string of the molecule is CCNc1nc(N2CCC(C)(O)C2)c2cn[nH]c2n1. The van der Waals surface area contributed by atoms with Gasteiger partial charge in [0.15, 0.2) is 5.65 Å². The van der Waals surface area contributed by atoms with Crippen LogP contribution in [0.25, 0.3) is 11.0 Å². The summed E-state index contributed by atoms with van der Waals surface area (Å²) in [5.74, 6) is 1.41. The van der Waals surface area contributed by atoms with Crippen molar-refractivity contribution in [3.63, 3.8) is 0 Å². The lowest BCUT2D eigenvalue weighted by Gasteiger charge is -2.20. The molecule has 2 aromatic rings. The lowest BCUT2D eigenvalue weighted by molar-refractivity contribution is 0.0839. The Kier molecular flexibility index (Phi) is 2.78. The highest BCUT2D eigenvalue weighted by molar-refractivity contribution is 5.87. The fourth-order valence-electron chi connectivity index (χ4n) is 2.42. The van der Waals surface area contributed by atoms with Gasteiger partial charge in [0.25, 0.3) is 0 Å². The summed E-state index contributed by atoms with van der Waals surface area (Å²) >= 11 is 0. The summed E-state index contributed by atoms with van der Waals surface area (Å²) in [6, 6.07) is 0. The van der Waals surface area contributed by atoms with Gasteiger partial charge >= 0.3 is 0 Å². The topological polar surface area (TPSA) is 90.0 Å². The molecule has 7 heteroatoms. The molecule has 0 aliphatic carbocycles. The summed E-state index contributed by atoms with van der Waals surface area (Å²) in [4.78, 5) is 11.0. The number of H-pyrrole nitrogens is 1. The second kappa shape index (κ2) is 4.34. The van der Waals surface area contributed by atoms with Crippen molar-refractivity contribution in [3.05, 3.63) is 6.20 Å². The van der Waals surface area contributed by atoms with Crippen LogP contribution in [0, 0.1) is 0 Å². The number of aliphatic hydroxyl groups is 1. The molecule has 3 heterocycles. The minimum absolute atomic E-state index is 0.579. The average Bonchev–Trinajstić information content (AvgIpc) is 2.94. The maximum Gasteiger partial charge on any atom is 0.226 e. The van der Waals surface area contributed by atoms with E-state index in [-0.39, 0.29) is 0 Å². The van der Waals surface area contributed by atoms with Gasteiger partial charge in [0.05, 0.1) is 17.2 Å². The molecule has 1 fully saturated rings. The van der Waals surface area contributed by atoms with Crippen LogP contribution in [0.4, 0.5) is 11.8 Å². The number of hydrogen-bond donors (Lipinski definition) is 3. The Bertz CT molecular complexity index is 593. The van der Waals surface area contributed by atoms with E-state index >= 15 is 0 Å². The van der Waals surface area contributed by atoms with Crippen LogP contribution in [0.3, 0.4) is 0 Å². The smallest absolute Gasteiger partial charge is 0.226 e. The van der Waals surface area contributed by atoms with E-state index in [9.17, 15) is 5.11 Å². The highest BCUT2D eigenvalue weighted by Crippen LogP contribution is 2.30. The molecule has 0 aromatic carbocycles. The molecular weight excluding hydrogens is 244 g/mol. The zero-order valence-corrected chi connectivity index (χ0v) is 11.1. The quantitative estimate of drug-likeness (QED) is 0.756. The Hall–Kier alpha value is -1.89. The van der Waals surface area contributed by atoms with Crippen molar-refractivity contribution in [2.45, 2.75) is 25.9 Å². The van der Waals surface area contributed by atoms with Gasteiger partial charge in [0.1, 0.15) is 5.82 Å². The molecule has 2 aromatic heterocycles. The van der Waals surface area contributed by atoms with Crippen molar-refractivity contribution >= 4 is 22.8 Å². The second-order valence-electron chi connectivity index (χ2n) is 5.20. The van der Waals surface area contributed by atoms with Gasteiger partial charge in [-0.15, -0.1) is 0 Å². The van der Waals surface area contributed by atoms with Gasteiger partial charge in [0.2, 0.25) is 5.95 Å². The van der Waals surface area contributed by atoms with E-state index in [4.69, 9.17) is 0 Å². The molecule has 1 atom stereocenters. The number of nitrogens with one attached hydrogen (secondary N) is 2. The third-order valence-electron chi connectivity index (χ3n) is 3.38. The molecular formula is C12H18N6O. The van der Waals surface area contributed by atoms with E-state index in [1.165, 1.54) is 0 Å². The number of aromatic nitrogens is 4. The monoisotopic (exact) mass is 262 g/mol. The molecule has 3 N–H and O–H groups in total. The first-order chi connectivity index (χ1) is 9.09. The number of aromatic amines is 1. The van der Waals surface area contributed by atoms with Gasteiger partial charge in [-0.3, -0.25) is 5.10 Å². The number of anilines is 2. The largest absolute Gasteiger partial charge is 0.388 e. The molecule has 3 rings (SSSR count). The Morgan fingerprint density at radius 3 is 3.05 bits per heavy atom. The summed E-state index contributed by atoms with van der Waals surface area (Å²) < 4.78 is 0. The second-order valence-corrected chi connectivity index (χ2v) is 5.20. The first-order valence-electron chi connectivity index (χ1n) is 6.51. The van der Waals surface area contributed by atoms with Crippen LogP contribution in [0.5, 0.6) is 0 Å². The van der Waals surface area contributed by atoms with Gasteiger partial charge in [0, 0.05) is 19.6 Å². The standard InChI is InChI=1S/C12H18N6O/c1-3-13-11-15-9-8(6-14-17-9)10(16-11)18-5-4-12(2,19)7-18/h6,19H,3-5,7H2,1-2H3,(H2,13,14,15,16,17). The third-order valence-corrected chi connectivity index (χ3v) is 3.38. The zero-order valence-electron chi connectivity index (χ0n) is 11.1. The molecule has 102 valence electrons. The molecule has 1 aliphatic rings. The molecule has 0 radical (unpaired) electrons. The predicted octanol–water partition coefficient (Wildman–Crippen LogP) is 0.746. The van der Waals surface area contributed by atoms with Gasteiger partial charge in [-0.05, 0) is 20.3 Å². The van der Waals surface area contributed by atoms with Crippen molar-refractivity contribution in [1.29, 1.82) is 0 Å². The lowest BCUT2D eigenvalue weighted by atomic mass is 10.1. The molecule has 7 nitrogen and oxygen atoms in total. The Balaban J connectivity index is 2.03. The van der Waals surface area contributed by atoms with E-state index in [0.717, 1.165) is 30.7 Å². The maximum atomic E-state index is 10.1. The van der Waals surface area contributed by atoms with Crippen LogP contribution in [0.15, 0.2) is 6.20 Å². The van der Waals surface area contributed by atoms with Crippen molar-refractivity contribution in [3.8, 4) is 0 Å². The third kappa shape index (κ3) is 2.21. The van der Waals surface area contributed by atoms with Crippen molar-refractivity contribution in [1.82, 2.24) is 20.2 Å². The maximum absolute atomic E-state index is 10.1. The van der Waals surface area contributed by atoms with E-state index in [1.54, 1.807) is 6.20 Å². The highest BCUT2D eigenvalue weighted by Gasteiger charge is 2.33. The fourth-order valence-corrected chi connectivity index (χ4v) is 2.42. The van der Waals surface area contributed by atoms with Crippen LogP contribution >= 0.6 is 0 Å². The summed E-state index contributed by atoms with van der Waals surface area (Å²) in [5, 5.41) is 21.0. The molecule has 19 heavy (non-hydrogen) atoms. The fraction of sp³-hybridized carbons (Fsp3) is 0.583. The molecule has 1 aliphatic heterocycles. The number of fused-ring (bicyclic) bond motifs is 1. The summed E-state index contributed by atoms with van der Waals surface area (Å²) in [5.41, 5.74) is 0.0619. The van der Waals surface area contributed by atoms with Crippen LogP contribution < -0.4 is 10.2 Å². The zero-order chi connectivity index (χ0) is 13.5. The minimum Gasteiger partial charge on any atom is -0.388 e. The molecule has 0 spiro atoms. The summed E-state index contributed by atoms with van der Waals surface area (Å²) in [6.45, 7) is 5.98. The molecule has 0 amide bonds. The molecule has 1 saturated heterocycles. The van der Waals surface area contributed by atoms with E-state index in [1.807, 2.05) is 13.8 Å². The summed E-state index contributed by atoms with van der Waals surface area (Å²) in [6.07, 6.45) is 2.47.